The summed E-state index contributed by atoms with van der Waals surface area (Å²) in [6.45, 7) is 8.58. The highest BCUT2D eigenvalue weighted by molar-refractivity contribution is 6.32. The van der Waals surface area contributed by atoms with E-state index in [0.717, 1.165) is 44.4 Å². The molecule has 6 heteroatoms. The zero-order chi connectivity index (χ0) is 30.5. The van der Waals surface area contributed by atoms with Gasteiger partial charge in [0.2, 0.25) is 0 Å². The average molecular weight is 588 g/mol. The summed E-state index contributed by atoms with van der Waals surface area (Å²) in [7, 11) is 0. The Hall–Kier alpha value is -4.53. The van der Waals surface area contributed by atoms with Crippen molar-refractivity contribution < 1.29 is 9.53 Å². The van der Waals surface area contributed by atoms with Gasteiger partial charge in [0, 0.05) is 23.1 Å². The first kappa shape index (κ1) is 28.6. The number of halogens is 1. The fourth-order valence-corrected chi connectivity index (χ4v) is 6.82. The second-order valence-electron chi connectivity index (χ2n) is 12.3. The van der Waals surface area contributed by atoms with Crippen LogP contribution in [0.25, 0.3) is 10.8 Å². The smallest absolute Gasteiger partial charge is 0.162 e. The van der Waals surface area contributed by atoms with Crippen molar-refractivity contribution in [2.24, 2.45) is 11.1 Å². The van der Waals surface area contributed by atoms with E-state index in [1.807, 2.05) is 61.2 Å². The van der Waals surface area contributed by atoms with Crippen LogP contribution in [0.1, 0.15) is 54.9 Å². The Morgan fingerprint density at radius 1 is 1.02 bits per heavy atom. The number of nitriles is 1. The average Bonchev–Trinajstić information content (AvgIpc) is 2.97. The molecule has 2 N–H and O–H groups in total. The van der Waals surface area contributed by atoms with Crippen molar-refractivity contribution in [3.05, 3.63) is 129 Å². The summed E-state index contributed by atoms with van der Waals surface area (Å²) in [5, 5.41) is 13.3. The van der Waals surface area contributed by atoms with Gasteiger partial charge in [-0.05, 0) is 66.0 Å². The Balaban J connectivity index is 1.55. The SMILES string of the molecule is Cc1cc(COc2ccccc2Cl)c(C)c(C2C(C#N)=C(N)N(c3cccc4ccccc34)C3=C2C(=O)CC(C)(C)C3)c1. The molecule has 1 unspecified atom stereocenters. The molecule has 4 aromatic rings. The third-order valence-electron chi connectivity index (χ3n) is 8.62. The Labute approximate surface area is 257 Å². The number of nitrogens with two attached hydrogens (primary N) is 1. The highest BCUT2D eigenvalue weighted by Gasteiger charge is 2.45. The van der Waals surface area contributed by atoms with Crippen LogP contribution in [-0.2, 0) is 11.4 Å². The zero-order valence-electron chi connectivity index (χ0n) is 24.9. The van der Waals surface area contributed by atoms with Crippen molar-refractivity contribution in [2.75, 3.05) is 4.90 Å². The number of anilines is 1. The van der Waals surface area contributed by atoms with E-state index in [0.29, 0.717) is 47.2 Å². The Morgan fingerprint density at radius 2 is 1.74 bits per heavy atom. The van der Waals surface area contributed by atoms with Gasteiger partial charge < -0.3 is 10.5 Å². The third-order valence-corrected chi connectivity index (χ3v) is 8.93. The number of nitrogens with zero attached hydrogens (tertiary/aromatic N) is 2. The lowest BCUT2D eigenvalue weighted by atomic mass is 9.67. The maximum atomic E-state index is 14.2. The van der Waals surface area contributed by atoms with E-state index >= 15 is 0 Å². The van der Waals surface area contributed by atoms with Gasteiger partial charge in [-0.25, -0.2) is 0 Å². The van der Waals surface area contributed by atoms with E-state index < -0.39 is 5.92 Å². The molecule has 1 aliphatic carbocycles. The second kappa shape index (κ2) is 10.9. The number of fused-ring (bicyclic) bond motifs is 1. The van der Waals surface area contributed by atoms with Gasteiger partial charge in [0.1, 0.15) is 18.2 Å². The number of carbonyl (C=O) groups excluding carboxylic acids is 1. The van der Waals surface area contributed by atoms with Gasteiger partial charge in [-0.2, -0.15) is 5.26 Å². The molecule has 4 aromatic carbocycles. The van der Waals surface area contributed by atoms with Crippen LogP contribution in [0.15, 0.2) is 102 Å². The molecule has 0 saturated heterocycles. The summed E-state index contributed by atoms with van der Waals surface area (Å²) >= 11 is 6.36. The molecule has 0 spiro atoms. The molecule has 0 saturated carbocycles. The first-order valence-electron chi connectivity index (χ1n) is 14.5. The number of hydrogen-bond acceptors (Lipinski definition) is 5. The van der Waals surface area contributed by atoms with Crippen LogP contribution in [0, 0.1) is 30.6 Å². The van der Waals surface area contributed by atoms with E-state index in [1.165, 1.54) is 0 Å². The van der Waals surface area contributed by atoms with Crippen LogP contribution in [0.5, 0.6) is 5.75 Å². The third kappa shape index (κ3) is 5.07. The summed E-state index contributed by atoms with van der Waals surface area (Å²) in [6.07, 6.45) is 1.05. The summed E-state index contributed by atoms with van der Waals surface area (Å²) in [6, 6.07) is 28.2. The predicted octanol–water partition coefficient (Wildman–Crippen LogP) is 8.63. The predicted molar refractivity (Wildman–Crippen MR) is 173 cm³/mol. The summed E-state index contributed by atoms with van der Waals surface area (Å²) in [4.78, 5) is 16.1. The lowest BCUT2D eigenvalue weighted by Gasteiger charge is -2.44. The van der Waals surface area contributed by atoms with Gasteiger partial charge in [0.25, 0.3) is 0 Å². The monoisotopic (exact) mass is 587 g/mol. The lowest BCUT2D eigenvalue weighted by molar-refractivity contribution is -0.118. The van der Waals surface area contributed by atoms with E-state index in [9.17, 15) is 10.1 Å². The van der Waals surface area contributed by atoms with Crippen molar-refractivity contribution in [1.82, 2.24) is 0 Å². The fourth-order valence-electron chi connectivity index (χ4n) is 6.63. The number of aryl methyl sites for hydroxylation is 1. The zero-order valence-corrected chi connectivity index (χ0v) is 25.6. The number of Topliss-reactive ketones (excluding diaryl/α,β-unsaturated/α-hetero) is 1. The van der Waals surface area contributed by atoms with Crippen LogP contribution in [0.4, 0.5) is 5.69 Å². The molecule has 5 nitrogen and oxygen atoms in total. The molecule has 0 radical (unpaired) electrons. The summed E-state index contributed by atoms with van der Waals surface area (Å²) in [5.41, 5.74) is 13.4. The number of ketones is 1. The van der Waals surface area contributed by atoms with Gasteiger partial charge in [-0.15, -0.1) is 0 Å². The molecule has 43 heavy (non-hydrogen) atoms. The standard InChI is InChI=1S/C37H34ClN3O2/c1-22-16-25(21-43-33-15-8-7-13-29(33)38)23(2)27(17-22)34-28(20-39)36(40)41(31-18-37(3,4)19-32(42)35(31)34)30-14-9-11-24-10-5-6-12-26(24)30/h5-17,34H,18-19,21,40H2,1-4H3. The van der Waals surface area contributed by atoms with Crippen molar-refractivity contribution in [3.63, 3.8) is 0 Å². The maximum Gasteiger partial charge on any atom is 0.162 e. The molecule has 1 aliphatic heterocycles. The molecule has 0 bridgehead atoms. The molecule has 0 fully saturated rings. The van der Waals surface area contributed by atoms with Gasteiger partial charge in [0.05, 0.1) is 28.3 Å². The van der Waals surface area contributed by atoms with Crippen molar-refractivity contribution >= 4 is 33.8 Å². The first-order valence-corrected chi connectivity index (χ1v) is 14.9. The Bertz CT molecular complexity index is 1890. The van der Waals surface area contributed by atoms with Crippen LogP contribution in [0.2, 0.25) is 5.02 Å². The van der Waals surface area contributed by atoms with Crippen molar-refractivity contribution in [1.29, 1.82) is 5.26 Å². The molecule has 1 atom stereocenters. The van der Waals surface area contributed by atoms with E-state index in [2.05, 4.69) is 50.2 Å². The lowest BCUT2D eigenvalue weighted by Crippen LogP contribution is -2.42. The van der Waals surface area contributed by atoms with Crippen LogP contribution >= 0.6 is 11.6 Å². The number of ether oxygens (including phenoxy) is 1. The number of rotatable bonds is 5. The minimum Gasteiger partial charge on any atom is -0.487 e. The van der Waals surface area contributed by atoms with Gasteiger partial charge >= 0.3 is 0 Å². The number of benzene rings is 4. The minimum absolute atomic E-state index is 0.0523. The first-order chi connectivity index (χ1) is 20.6. The highest BCUT2D eigenvalue weighted by atomic mass is 35.5. The van der Waals surface area contributed by atoms with Gasteiger partial charge in [-0.1, -0.05) is 91.7 Å². The van der Waals surface area contributed by atoms with E-state index in [4.69, 9.17) is 22.1 Å². The fraction of sp³-hybridized carbons (Fsp3) is 0.243. The van der Waals surface area contributed by atoms with Gasteiger partial charge in [0.15, 0.2) is 5.78 Å². The molecule has 0 amide bonds. The van der Waals surface area contributed by atoms with Gasteiger partial charge in [-0.3, -0.25) is 9.69 Å². The number of hydrogen-bond donors (Lipinski definition) is 1. The molecule has 2 aliphatic rings. The van der Waals surface area contributed by atoms with Crippen molar-refractivity contribution in [3.8, 4) is 11.8 Å². The van der Waals surface area contributed by atoms with Crippen LogP contribution in [-0.4, -0.2) is 5.78 Å². The number of carbonyl (C=O) groups is 1. The van der Waals surface area contributed by atoms with Crippen LogP contribution < -0.4 is 15.4 Å². The molecular formula is C37H34ClN3O2. The van der Waals surface area contributed by atoms with Crippen molar-refractivity contribution in [2.45, 2.75) is 53.1 Å². The molecule has 1 heterocycles. The number of allylic oxidation sites excluding steroid dienone is 3. The summed E-state index contributed by atoms with van der Waals surface area (Å²) < 4.78 is 6.13. The maximum absolute atomic E-state index is 14.2. The second-order valence-corrected chi connectivity index (χ2v) is 12.7. The highest BCUT2D eigenvalue weighted by Crippen LogP contribution is 2.51. The largest absolute Gasteiger partial charge is 0.487 e. The summed E-state index contributed by atoms with van der Waals surface area (Å²) in [5.74, 6) is 0.444. The molecule has 6 rings (SSSR count). The number of para-hydroxylation sites is 1. The topological polar surface area (TPSA) is 79.3 Å². The van der Waals surface area contributed by atoms with E-state index in [-0.39, 0.29) is 11.2 Å². The minimum atomic E-state index is -0.575. The molecular weight excluding hydrogens is 554 g/mol. The normalized spacial score (nSPS) is 18.1. The molecule has 216 valence electrons. The Morgan fingerprint density at radius 3 is 2.51 bits per heavy atom. The Kier molecular flexibility index (Phi) is 7.28. The molecule has 0 aromatic heterocycles. The van der Waals surface area contributed by atoms with Crippen LogP contribution in [0.3, 0.4) is 0 Å². The quantitative estimate of drug-likeness (QED) is 0.253. The van der Waals surface area contributed by atoms with E-state index in [1.54, 1.807) is 6.07 Å².